The number of nitrogens with two attached hydrogens (primary N) is 1. The van der Waals surface area contributed by atoms with Gasteiger partial charge in [0.1, 0.15) is 5.75 Å². The number of hydrogen-bond donors (Lipinski definition) is 1. The van der Waals surface area contributed by atoms with Crippen LogP contribution in [-0.4, -0.2) is 7.11 Å². The second kappa shape index (κ2) is 4.39. The minimum atomic E-state index is 0.706. The monoisotopic (exact) mass is 203 g/mol. The van der Waals surface area contributed by atoms with E-state index in [1.807, 2.05) is 12.1 Å². The summed E-state index contributed by atoms with van der Waals surface area (Å²) in [6, 6.07) is 6.03. The predicted molar refractivity (Wildman–Crippen MR) is 63.9 cm³/mol. The smallest absolute Gasteiger partial charge is 0.142 e. The van der Waals surface area contributed by atoms with Crippen molar-refractivity contribution in [3.8, 4) is 5.75 Å². The molecule has 0 fully saturated rings. The minimum Gasteiger partial charge on any atom is -0.495 e. The number of methoxy groups -OCH3 is 1. The fourth-order valence-corrected chi connectivity index (χ4v) is 2.01. The molecule has 0 radical (unpaired) electrons. The molecule has 1 aromatic carbocycles. The summed E-state index contributed by atoms with van der Waals surface area (Å²) >= 11 is 0. The summed E-state index contributed by atoms with van der Waals surface area (Å²) in [6.07, 6.45) is 7.30. The predicted octanol–water partition coefficient (Wildman–Crippen LogP) is 3.23. The van der Waals surface area contributed by atoms with Crippen LogP contribution in [0.1, 0.15) is 31.2 Å². The number of allylic oxidation sites excluding steroid dienone is 2. The van der Waals surface area contributed by atoms with E-state index in [1.165, 1.54) is 36.8 Å². The Morgan fingerprint density at radius 1 is 1.27 bits per heavy atom. The molecular formula is C13H17NO. The first kappa shape index (κ1) is 10.1. The van der Waals surface area contributed by atoms with Gasteiger partial charge in [-0.15, -0.1) is 0 Å². The maximum atomic E-state index is 5.79. The highest BCUT2D eigenvalue weighted by molar-refractivity contribution is 5.70. The summed E-state index contributed by atoms with van der Waals surface area (Å²) in [4.78, 5) is 0. The Bertz CT molecular complexity index is 382. The van der Waals surface area contributed by atoms with Crippen molar-refractivity contribution in [1.29, 1.82) is 0 Å². The van der Waals surface area contributed by atoms with E-state index in [0.29, 0.717) is 5.69 Å². The van der Waals surface area contributed by atoms with Gasteiger partial charge in [-0.3, -0.25) is 0 Å². The van der Waals surface area contributed by atoms with E-state index in [0.717, 1.165) is 5.75 Å². The Kier molecular flexibility index (Phi) is 2.95. The summed E-state index contributed by atoms with van der Waals surface area (Å²) in [7, 11) is 1.66. The lowest BCUT2D eigenvalue weighted by molar-refractivity contribution is 0.417. The molecule has 2 rings (SSSR count). The zero-order chi connectivity index (χ0) is 10.7. The number of anilines is 1. The lowest BCUT2D eigenvalue weighted by atomic mass is 9.93. The van der Waals surface area contributed by atoms with Gasteiger partial charge in [0.05, 0.1) is 12.8 Å². The first-order valence-corrected chi connectivity index (χ1v) is 5.44. The second-order valence-corrected chi connectivity index (χ2v) is 3.93. The summed E-state index contributed by atoms with van der Waals surface area (Å²) < 4.78 is 5.22. The van der Waals surface area contributed by atoms with E-state index in [1.54, 1.807) is 7.11 Å². The van der Waals surface area contributed by atoms with Crippen LogP contribution in [0, 0.1) is 0 Å². The zero-order valence-electron chi connectivity index (χ0n) is 9.12. The maximum Gasteiger partial charge on any atom is 0.142 e. The van der Waals surface area contributed by atoms with Crippen molar-refractivity contribution >= 4 is 11.3 Å². The first-order valence-electron chi connectivity index (χ1n) is 5.44. The topological polar surface area (TPSA) is 35.2 Å². The zero-order valence-corrected chi connectivity index (χ0v) is 9.12. The molecule has 1 aromatic rings. The van der Waals surface area contributed by atoms with Gasteiger partial charge in [-0.05, 0) is 49.0 Å². The Hall–Kier alpha value is -1.44. The lowest BCUT2D eigenvalue weighted by Crippen LogP contribution is -1.96. The Morgan fingerprint density at radius 3 is 2.80 bits per heavy atom. The van der Waals surface area contributed by atoms with Gasteiger partial charge in [-0.2, -0.15) is 0 Å². The van der Waals surface area contributed by atoms with Crippen LogP contribution in [0.15, 0.2) is 24.3 Å². The minimum absolute atomic E-state index is 0.706. The molecule has 0 spiro atoms. The molecule has 0 aliphatic heterocycles. The number of benzene rings is 1. The standard InChI is InChI=1S/C13H17NO/c1-15-13-9-11(7-8-12(13)14)10-5-3-2-4-6-10/h5,7-9H,2-4,6,14H2,1H3. The molecule has 1 aliphatic carbocycles. The molecule has 15 heavy (non-hydrogen) atoms. The van der Waals surface area contributed by atoms with E-state index < -0.39 is 0 Å². The largest absolute Gasteiger partial charge is 0.495 e. The highest BCUT2D eigenvalue weighted by Gasteiger charge is 2.08. The van der Waals surface area contributed by atoms with Gasteiger partial charge < -0.3 is 10.5 Å². The molecule has 0 heterocycles. The number of rotatable bonds is 2. The third-order valence-corrected chi connectivity index (χ3v) is 2.90. The molecule has 0 amide bonds. The van der Waals surface area contributed by atoms with Crippen molar-refractivity contribution in [2.75, 3.05) is 12.8 Å². The average molecular weight is 203 g/mol. The van der Waals surface area contributed by atoms with Crippen LogP contribution >= 0.6 is 0 Å². The van der Waals surface area contributed by atoms with E-state index in [-0.39, 0.29) is 0 Å². The third-order valence-electron chi connectivity index (χ3n) is 2.90. The van der Waals surface area contributed by atoms with Crippen LogP contribution in [0.4, 0.5) is 5.69 Å². The summed E-state index contributed by atoms with van der Waals surface area (Å²) in [6.45, 7) is 0. The Morgan fingerprint density at radius 2 is 2.13 bits per heavy atom. The van der Waals surface area contributed by atoms with Crippen LogP contribution in [0.5, 0.6) is 5.75 Å². The van der Waals surface area contributed by atoms with E-state index in [2.05, 4.69) is 12.1 Å². The highest BCUT2D eigenvalue weighted by atomic mass is 16.5. The Labute approximate surface area is 90.7 Å². The van der Waals surface area contributed by atoms with Gasteiger partial charge >= 0.3 is 0 Å². The molecule has 0 aromatic heterocycles. The molecule has 2 nitrogen and oxygen atoms in total. The molecule has 2 heteroatoms. The quantitative estimate of drug-likeness (QED) is 0.749. The van der Waals surface area contributed by atoms with Crippen molar-refractivity contribution < 1.29 is 4.74 Å². The molecule has 80 valence electrons. The molecular weight excluding hydrogens is 186 g/mol. The van der Waals surface area contributed by atoms with Crippen LogP contribution in [0.25, 0.3) is 5.57 Å². The summed E-state index contributed by atoms with van der Waals surface area (Å²) in [5.41, 5.74) is 9.17. The highest BCUT2D eigenvalue weighted by Crippen LogP contribution is 2.31. The van der Waals surface area contributed by atoms with Crippen molar-refractivity contribution in [2.45, 2.75) is 25.7 Å². The SMILES string of the molecule is COc1cc(C2=CCCCC2)ccc1N. The molecule has 0 bridgehead atoms. The van der Waals surface area contributed by atoms with Crippen molar-refractivity contribution in [2.24, 2.45) is 0 Å². The van der Waals surface area contributed by atoms with Crippen LogP contribution < -0.4 is 10.5 Å². The molecule has 0 saturated carbocycles. The fraction of sp³-hybridized carbons (Fsp3) is 0.385. The van der Waals surface area contributed by atoms with Crippen molar-refractivity contribution in [3.05, 3.63) is 29.8 Å². The van der Waals surface area contributed by atoms with Gasteiger partial charge in [0, 0.05) is 0 Å². The van der Waals surface area contributed by atoms with Gasteiger partial charge in [0.25, 0.3) is 0 Å². The van der Waals surface area contributed by atoms with Gasteiger partial charge in [0.15, 0.2) is 0 Å². The van der Waals surface area contributed by atoms with Crippen LogP contribution in [0.2, 0.25) is 0 Å². The van der Waals surface area contributed by atoms with E-state index in [4.69, 9.17) is 10.5 Å². The average Bonchev–Trinajstić information content (AvgIpc) is 2.31. The molecule has 2 N–H and O–H groups in total. The third kappa shape index (κ3) is 2.14. The number of hydrogen-bond acceptors (Lipinski definition) is 2. The van der Waals surface area contributed by atoms with Gasteiger partial charge in [-0.1, -0.05) is 12.1 Å². The van der Waals surface area contributed by atoms with Crippen LogP contribution in [-0.2, 0) is 0 Å². The second-order valence-electron chi connectivity index (χ2n) is 3.93. The summed E-state index contributed by atoms with van der Waals surface area (Å²) in [5, 5.41) is 0. The fourth-order valence-electron chi connectivity index (χ4n) is 2.01. The van der Waals surface area contributed by atoms with E-state index in [9.17, 15) is 0 Å². The van der Waals surface area contributed by atoms with Crippen LogP contribution in [0.3, 0.4) is 0 Å². The first-order chi connectivity index (χ1) is 7.31. The number of ether oxygens (including phenoxy) is 1. The lowest BCUT2D eigenvalue weighted by Gasteiger charge is -2.14. The normalized spacial score (nSPS) is 15.9. The maximum absolute atomic E-state index is 5.79. The molecule has 1 aliphatic rings. The Balaban J connectivity index is 2.32. The molecule has 0 unspecified atom stereocenters. The van der Waals surface area contributed by atoms with E-state index >= 15 is 0 Å². The number of nitrogen functional groups attached to an aromatic ring is 1. The summed E-state index contributed by atoms with van der Waals surface area (Å²) in [5.74, 6) is 0.777. The van der Waals surface area contributed by atoms with Gasteiger partial charge in [-0.25, -0.2) is 0 Å². The molecule has 0 saturated heterocycles. The molecule has 0 atom stereocenters. The van der Waals surface area contributed by atoms with Crippen molar-refractivity contribution in [3.63, 3.8) is 0 Å². The van der Waals surface area contributed by atoms with Crippen molar-refractivity contribution in [1.82, 2.24) is 0 Å². The van der Waals surface area contributed by atoms with Gasteiger partial charge in [0.2, 0.25) is 0 Å².